The van der Waals surface area contributed by atoms with Crippen LogP contribution < -0.4 is 10.1 Å². The Bertz CT molecular complexity index is 459. The zero-order valence-corrected chi connectivity index (χ0v) is 13.8. The highest BCUT2D eigenvalue weighted by Crippen LogP contribution is 2.20. The predicted molar refractivity (Wildman–Crippen MR) is 90.4 cm³/mol. The molecule has 0 bridgehead atoms. The normalized spacial score (nSPS) is 23.8. The molecule has 1 N–H and O–H groups in total. The van der Waals surface area contributed by atoms with E-state index in [1.165, 1.54) is 38.2 Å². The molecule has 122 valence electrons. The fourth-order valence-corrected chi connectivity index (χ4v) is 3.51. The third-order valence-corrected chi connectivity index (χ3v) is 4.69. The first kappa shape index (κ1) is 15.8. The van der Waals surface area contributed by atoms with Crippen LogP contribution in [0.3, 0.4) is 0 Å². The van der Waals surface area contributed by atoms with E-state index in [9.17, 15) is 0 Å². The van der Waals surface area contributed by atoms with Gasteiger partial charge in [0.25, 0.3) is 0 Å². The second-order valence-electron chi connectivity index (χ2n) is 6.46. The number of ether oxygens (including phenoxy) is 1. The molecule has 0 amide bonds. The van der Waals surface area contributed by atoms with E-state index in [1.807, 2.05) is 0 Å². The van der Waals surface area contributed by atoms with Crippen LogP contribution in [0.15, 0.2) is 24.3 Å². The van der Waals surface area contributed by atoms with Crippen molar-refractivity contribution >= 4 is 0 Å². The van der Waals surface area contributed by atoms with E-state index in [4.69, 9.17) is 4.74 Å². The Labute approximate surface area is 134 Å². The van der Waals surface area contributed by atoms with Crippen LogP contribution in [0.1, 0.15) is 25.3 Å². The summed E-state index contributed by atoms with van der Waals surface area (Å²) in [6.45, 7) is 11.1. The second-order valence-corrected chi connectivity index (χ2v) is 6.46. The number of piperazine rings is 1. The molecule has 2 aliphatic rings. The van der Waals surface area contributed by atoms with Crippen LogP contribution in [0.2, 0.25) is 0 Å². The van der Waals surface area contributed by atoms with Crippen LogP contribution in [0.25, 0.3) is 0 Å². The Morgan fingerprint density at radius 3 is 2.91 bits per heavy atom. The lowest BCUT2D eigenvalue weighted by Crippen LogP contribution is -2.49. The van der Waals surface area contributed by atoms with E-state index in [0.29, 0.717) is 0 Å². The van der Waals surface area contributed by atoms with Gasteiger partial charge in [-0.25, -0.2) is 0 Å². The zero-order valence-electron chi connectivity index (χ0n) is 13.8. The number of benzene rings is 1. The molecule has 2 saturated heterocycles. The number of likely N-dealkylation sites (tertiary alicyclic amines) is 1. The van der Waals surface area contributed by atoms with Crippen LogP contribution >= 0.6 is 0 Å². The monoisotopic (exact) mass is 303 g/mol. The number of hydrogen-bond acceptors (Lipinski definition) is 4. The first-order valence-corrected chi connectivity index (χ1v) is 8.74. The average molecular weight is 303 g/mol. The largest absolute Gasteiger partial charge is 0.494 e. The molecule has 1 unspecified atom stereocenters. The minimum atomic E-state index is 0.752. The molecule has 22 heavy (non-hydrogen) atoms. The van der Waals surface area contributed by atoms with Gasteiger partial charge in [0, 0.05) is 51.9 Å². The third-order valence-electron chi connectivity index (χ3n) is 4.69. The molecule has 1 aromatic rings. The van der Waals surface area contributed by atoms with Gasteiger partial charge in [-0.1, -0.05) is 19.1 Å². The van der Waals surface area contributed by atoms with E-state index in [0.717, 1.165) is 44.5 Å². The summed E-state index contributed by atoms with van der Waals surface area (Å²) in [6.07, 6.45) is 2.37. The minimum Gasteiger partial charge on any atom is -0.494 e. The number of nitrogens with one attached hydrogen (secondary N) is 1. The lowest BCUT2D eigenvalue weighted by Gasteiger charge is -2.32. The Kier molecular flexibility index (Phi) is 5.70. The van der Waals surface area contributed by atoms with Gasteiger partial charge in [0.1, 0.15) is 5.75 Å². The predicted octanol–water partition coefficient (Wildman–Crippen LogP) is 1.95. The first-order valence-electron chi connectivity index (χ1n) is 8.74. The molecule has 2 fully saturated rings. The lowest BCUT2D eigenvalue weighted by molar-refractivity contribution is 0.170. The Morgan fingerprint density at radius 1 is 1.23 bits per heavy atom. The molecule has 2 heterocycles. The summed E-state index contributed by atoms with van der Waals surface area (Å²) in [7, 11) is 0. The standard InChI is InChI=1S/C18H29N3O/c1-2-12-22-18-5-3-4-16(13-18)14-20-9-6-17(15-20)21-10-7-19-8-11-21/h3-5,13,17,19H,2,6-12,14-15H2,1H3. The van der Waals surface area contributed by atoms with Gasteiger partial charge in [-0.2, -0.15) is 0 Å². The van der Waals surface area contributed by atoms with E-state index in [-0.39, 0.29) is 0 Å². The van der Waals surface area contributed by atoms with E-state index in [1.54, 1.807) is 0 Å². The molecule has 0 aliphatic carbocycles. The molecular formula is C18H29N3O. The topological polar surface area (TPSA) is 27.7 Å². The Balaban J connectivity index is 1.51. The summed E-state index contributed by atoms with van der Waals surface area (Å²) in [5.41, 5.74) is 1.37. The highest BCUT2D eigenvalue weighted by molar-refractivity contribution is 5.28. The van der Waals surface area contributed by atoms with Crippen LogP contribution in [-0.4, -0.2) is 61.7 Å². The fourth-order valence-electron chi connectivity index (χ4n) is 3.51. The van der Waals surface area contributed by atoms with Crippen LogP contribution in [0.4, 0.5) is 0 Å². The smallest absolute Gasteiger partial charge is 0.119 e. The SMILES string of the molecule is CCCOc1cccc(CN2CCC(N3CCNCC3)C2)c1. The van der Waals surface area contributed by atoms with Crippen LogP contribution in [0.5, 0.6) is 5.75 Å². The maximum atomic E-state index is 5.74. The molecular weight excluding hydrogens is 274 g/mol. The average Bonchev–Trinajstić information content (AvgIpc) is 3.03. The van der Waals surface area contributed by atoms with E-state index >= 15 is 0 Å². The highest BCUT2D eigenvalue weighted by atomic mass is 16.5. The van der Waals surface area contributed by atoms with Crippen LogP contribution in [0, 0.1) is 0 Å². The quantitative estimate of drug-likeness (QED) is 0.869. The second kappa shape index (κ2) is 7.95. The molecule has 3 rings (SSSR count). The van der Waals surface area contributed by atoms with Crippen molar-refractivity contribution in [3.05, 3.63) is 29.8 Å². The molecule has 2 aliphatic heterocycles. The van der Waals surface area contributed by atoms with Gasteiger partial charge in [0.2, 0.25) is 0 Å². The van der Waals surface area contributed by atoms with Crippen molar-refractivity contribution in [2.75, 3.05) is 45.9 Å². The van der Waals surface area contributed by atoms with Crippen molar-refractivity contribution < 1.29 is 4.74 Å². The molecule has 0 spiro atoms. The van der Waals surface area contributed by atoms with Gasteiger partial charge in [0.05, 0.1) is 6.61 Å². The van der Waals surface area contributed by atoms with E-state index < -0.39 is 0 Å². The van der Waals surface area contributed by atoms with Crippen molar-refractivity contribution in [3.8, 4) is 5.75 Å². The number of nitrogens with zero attached hydrogens (tertiary/aromatic N) is 2. The first-order chi connectivity index (χ1) is 10.8. The summed E-state index contributed by atoms with van der Waals surface area (Å²) in [4.78, 5) is 5.25. The summed E-state index contributed by atoms with van der Waals surface area (Å²) < 4.78 is 5.74. The van der Waals surface area contributed by atoms with Crippen molar-refractivity contribution in [2.24, 2.45) is 0 Å². The van der Waals surface area contributed by atoms with Crippen molar-refractivity contribution in [3.63, 3.8) is 0 Å². The zero-order chi connectivity index (χ0) is 15.2. The van der Waals surface area contributed by atoms with Gasteiger partial charge >= 0.3 is 0 Å². The minimum absolute atomic E-state index is 0.752. The molecule has 0 radical (unpaired) electrons. The maximum absolute atomic E-state index is 5.74. The molecule has 4 nitrogen and oxygen atoms in total. The Morgan fingerprint density at radius 2 is 2.09 bits per heavy atom. The summed E-state index contributed by atoms with van der Waals surface area (Å²) in [5, 5.41) is 3.44. The molecule has 0 aromatic heterocycles. The Hall–Kier alpha value is -1.10. The lowest BCUT2D eigenvalue weighted by atomic mass is 10.2. The molecule has 4 heteroatoms. The van der Waals surface area contributed by atoms with Crippen molar-refractivity contribution in [1.82, 2.24) is 15.1 Å². The summed E-state index contributed by atoms with van der Waals surface area (Å²) >= 11 is 0. The highest BCUT2D eigenvalue weighted by Gasteiger charge is 2.28. The summed E-state index contributed by atoms with van der Waals surface area (Å²) in [6, 6.07) is 9.35. The fraction of sp³-hybridized carbons (Fsp3) is 0.667. The van der Waals surface area contributed by atoms with Gasteiger partial charge < -0.3 is 10.1 Å². The van der Waals surface area contributed by atoms with Crippen molar-refractivity contribution in [2.45, 2.75) is 32.4 Å². The number of hydrogen-bond donors (Lipinski definition) is 1. The van der Waals surface area contributed by atoms with E-state index in [2.05, 4.69) is 46.3 Å². The van der Waals surface area contributed by atoms with Crippen LogP contribution in [-0.2, 0) is 6.54 Å². The molecule has 0 saturated carbocycles. The van der Waals surface area contributed by atoms with Gasteiger partial charge in [-0.05, 0) is 30.5 Å². The summed E-state index contributed by atoms with van der Waals surface area (Å²) in [5.74, 6) is 1.01. The molecule has 1 aromatic carbocycles. The van der Waals surface area contributed by atoms with Gasteiger partial charge in [0.15, 0.2) is 0 Å². The van der Waals surface area contributed by atoms with Gasteiger partial charge in [-0.3, -0.25) is 9.80 Å². The van der Waals surface area contributed by atoms with Crippen molar-refractivity contribution in [1.29, 1.82) is 0 Å². The number of rotatable bonds is 6. The van der Waals surface area contributed by atoms with Gasteiger partial charge in [-0.15, -0.1) is 0 Å². The molecule has 1 atom stereocenters. The maximum Gasteiger partial charge on any atom is 0.119 e. The third kappa shape index (κ3) is 4.22.